The van der Waals surface area contributed by atoms with Crippen molar-refractivity contribution in [2.24, 2.45) is 0 Å². The van der Waals surface area contributed by atoms with Crippen molar-refractivity contribution in [2.45, 2.75) is 37.6 Å². The summed E-state index contributed by atoms with van der Waals surface area (Å²) in [5.74, 6) is 0.877. The third kappa shape index (κ3) is 1.79. The number of anilines is 1. The molecule has 1 saturated carbocycles. The number of nitriles is 1. The second-order valence-electron chi connectivity index (χ2n) is 6.10. The molecule has 0 atom stereocenters. The number of halogens is 1. The highest BCUT2D eigenvalue weighted by Crippen LogP contribution is 2.52. The van der Waals surface area contributed by atoms with E-state index in [1.807, 2.05) is 22.9 Å². The molecule has 0 unspecified atom stereocenters. The van der Waals surface area contributed by atoms with Crippen LogP contribution in [0.2, 0.25) is 5.02 Å². The fourth-order valence-electron chi connectivity index (χ4n) is 3.69. The van der Waals surface area contributed by atoms with E-state index in [2.05, 4.69) is 17.5 Å². The van der Waals surface area contributed by atoms with Crippen molar-refractivity contribution in [2.75, 3.05) is 11.9 Å². The monoisotopic (exact) mass is 312 g/mol. The van der Waals surface area contributed by atoms with Crippen molar-refractivity contribution in [3.63, 3.8) is 0 Å². The minimum atomic E-state index is -0.199. The van der Waals surface area contributed by atoms with Gasteiger partial charge in [-0.1, -0.05) is 36.2 Å². The zero-order valence-electron chi connectivity index (χ0n) is 12.3. The van der Waals surface area contributed by atoms with E-state index in [1.165, 1.54) is 0 Å². The predicted octanol–water partition coefficient (Wildman–Crippen LogP) is 3.69. The summed E-state index contributed by atoms with van der Waals surface area (Å²) in [6, 6.07) is 10.3. The molecule has 4 nitrogen and oxygen atoms in total. The Labute approximate surface area is 134 Å². The molecule has 22 heavy (non-hydrogen) atoms. The van der Waals surface area contributed by atoms with Gasteiger partial charge in [0.2, 0.25) is 0 Å². The summed E-state index contributed by atoms with van der Waals surface area (Å²) in [6.07, 6.45) is 4.19. The fourth-order valence-corrected chi connectivity index (χ4v) is 4.01. The Bertz CT molecular complexity index is 767. The van der Waals surface area contributed by atoms with Crippen LogP contribution in [0, 0.1) is 11.3 Å². The Kier molecular flexibility index (Phi) is 3.12. The van der Waals surface area contributed by atoms with E-state index in [9.17, 15) is 5.26 Å². The van der Waals surface area contributed by atoms with Crippen LogP contribution < -0.4 is 5.32 Å². The lowest BCUT2D eigenvalue weighted by atomic mass is 9.61. The average Bonchev–Trinajstić information content (AvgIpc) is 2.86. The van der Waals surface area contributed by atoms with Crippen LogP contribution in [0.25, 0.3) is 0 Å². The second kappa shape index (κ2) is 5.03. The summed E-state index contributed by atoms with van der Waals surface area (Å²) >= 11 is 6.46. The third-order valence-electron chi connectivity index (χ3n) is 4.95. The minimum absolute atomic E-state index is 0.199. The molecule has 2 aromatic rings. The molecular formula is C17H17ClN4. The maximum Gasteiger partial charge on any atom is 0.142 e. The molecule has 0 radical (unpaired) electrons. The lowest BCUT2D eigenvalue weighted by molar-refractivity contribution is 0.290. The van der Waals surface area contributed by atoms with Gasteiger partial charge in [0.05, 0.1) is 5.69 Å². The summed E-state index contributed by atoms with van der Waals surface area (Å²) in [4.78, 5) is 0. The van der Waals surface area contributed by atoms with Crippen molar-refractivity contribution in [3.8, 4) is 6.07 Å². The highest BCUT2D eigenvalue weighted by Gasteiger charge is 2.46. The Balaban J connectivity index is 1.92. The number of rotatable bonds is 2. The minimum Gasteiger partial charge on any atom is -0.369 e. The number of aromatic nitrogens is 2. The van der Waals surface area contributed by atoms with Gasteiger partial charge in [0, 0.05) is 23.5 Å². The molecule has 5 heteroatoms. The first-order valence-corrected chi connectivity index (χ1v) is 8.14. The van der Waals surface area contributed by atoms with Gasteiger partial charge in [-0.05, 0) is 30.9 Å². The van der Waals surface area contributed by atoms with Crippen molar-refractivity contribution in [1.29, 1.82) is 5.26 Å². The largest absolute Gasteiger partial charge is 0.369 e. The Morgan fingerprint density at radius 2 is 2.09 bits per heavy atom. The average molecular weight is 313 g/mol. The molecule has 0 spiro atoms. The lowest BCUT2D eigenvalue weighted by Gasteiger charge is -2.41. The molecule has 1 aromatic carbocycles. The van der Waals surface area contributed by atoms with E-state index in [0.29, 0.717) is 5.56 Å². The van der Waals surface area contributed by atoms with Crippen LogP contribution in [0.4, 0.5) is 5.82 Å². The van der Waals surface area contributed by atoms with E-state index in [0.717, 1.165) is 60.9 Å². The molecule has 0 saturated heterocycles. The first-order valence-electron chi connectivity index (χ1n) is 7.76. The summed E-state index contributed by atoms with van der Waals surface area (Å²) < 4.78 is 1.95. The highest BCUT2D eigenvalue weighted by atomic mass is 35.5. The van der Waals surface area contributed by atoms with Gasteiger partial charge in [0.25, 0.3) is 0 Å². The predicted molar refractivity (Wildman–Crippen MR) is 86.1 cm³/mol. The Hall–Kier alpha value is -1.99. The van der Waals surface area contributed by atoms with E-state index in [4.69, 9.17) is 16.7 Å². The summed E-state index contributed by atoms with van der Waals surface area (Å²) in [5, 5.41) is 18.6. The third-order valence-corrected chi connectivity index (χ3v) is 5.28. The van der Waals surface area contributed by atoms with Crippen molar-refractivity contribution in [3.05, 3.63) is 46.1 Å². The number of aryl methyl sites for hydroxylation is 1. The normalized spacial score (nSPS) is 18.7. The highest BCUT2D eigenvalue weighted by molar-refractivity contribution is 6.31. The van der Waals surface area contributed by atoms with Crippen LogP contribution in [0.3, 0.4) is 0 Å². The van der Waals surface area contributed by atoms with E-state index in [-0.39, 0.29) is 5.41 Å². The number of fused-ring (bicyclic) bond motifs is 1. The van der Waals surface area contributed by atoms with Crippen LogP contribution >= 0.6 is 11.6 Å². The van der Waals surface area contributed by atoms with Crippen LogP contribution in [0.1, 0.15) is 42.5 Å². The van der Waals surface area contributed by atoms with Gasteiger partial charge in [-0.3, -0.25) is 0 Å². The number of nitrogens with one attached hydrogen (secondary N) is 1. The number of hydrogen-bond donors (Lipinski definition) is 1. The standard InChI is InChI=1S/C17H17ClN4/c18-14-6-2-1-5-13(14)17(7-3-8-17)15-12(11-19)16-20-9-4-10-22(16)21-15/h1-2,5-6,20H,3-4,7-10H2. The molecule has 1 aromatic heterocycles. The summed E-state index contributed by atoms with van der Waals surface area (Å²) in [5.41, 5.74) is 2.50. The molecule has 0 bridgehead atoms. The van der Waals surface area contributed by atoms with Gasteiger partial charge >= 0.3 is 0 Å². The Morgan fingerprint density at radius 3 is 2.77 bits per heavy atom. The lowest BCUT2D eigenvalue weighted by Crippen LogP contribution is -2.37. The molecule has 1 aliphatic carbocycles. The van der Waals surface area contributed by atoms with Crippen molar-refractivity contribution < 1.29 is 0 Å². The van der Waals surface area contributed by atoms with Gasteiger partial charge in [-0.2, -0.15) is 10.4 Å². The molecule has 1 fully saturated rings. The maximum atomic E-state index is 9.69. The van der Waals surface area contributed by atoms with Crippen LogP contribution in [-0.2, 0) is 12.0 Å². The SMILES string of the molecule is N#Cc1c(C2(c3ccccc3Cl)CCC2)nn2c1NCCC2. The second-order valence-corrected chi connectivity index (χ2v) is 6.51. The maximum absolute atomic E-state index is 9.69. The molecule has 1 N–H and O–H groups in total. The quantitative estimate of drug-likeness (QED) is 0.920. The molecule has 4 rings (SSSR count). The van der Waals surface area contributed by atoms with E-state index >= 15 is 0 Å². The van der Waals surface area contributed by atoms with Gasteiger partial charge in [-0.15, -0.1) is 0 Å². The molecule has 0 amide bonds. The van der Waals surface area contributed by atoms with Gasteiger partial charge in [0.15, 0.2) is 0 Å². The number of benzene rings is 1. The summed E-state index contributed by atoms with van der Waals surface area (Å²) in [6.45, 7) is 1.77. The zero-order chi connectivity index (χ0) is 15.2. The van der Waals surface area contributed by atoms with Crippen LogP contribution in [0.15, 0.2) is 24.3 Å². The van der Waals surface area contributed by atoms with Crippen molar-refractivity contribution in [1.82, 2.24) is 9.78 Å². The molecule has 2 heterocycles. The number of hydrogen-bond acceptors (Lipinski definition) is 3. The van der Waals surface area contributed by atoms with Crippen LogP contribution in [-0.4, -0.2) is 16.3 Å². The smallest absolute Gasteiger partial charge is 0.142 e. The van der Waals surface area contributed by atoms with Crippen molar-refractivity contribution >= 4 is 17.4 Å². The Morgan fingerprint density at radius 1 is 1.27 bits per heavy atom. The topological polar surface area (TPSA) is 53.6 Å². The zero-order valence-corrected chi connectivity index (χ0v) is 13.0. The van der Waals surface area contributed by atoms with Crippen LogP contribution in [0.5, 0.6) is 0 Å². The number of nitrogens with zero attached hydrogens (tertiary/aromatic N) is 3. The fraction of sp³-hybridized carbons (Fsp3) is 0.412. The first kappa shape index (κ1) is 13.7. The van der Waals surface area contributed by atoms with Gasteiger partial charge in [-0.25, -0.2) is 4.68 Å². The molecule has 2 aliphatic rings. The molecular weight excluding hydrogens is 296 g/mol. The summed E-state index contributed by atoms with van der Waals surface area (Å²) in [7, 11) is 0. The van der Waals surface area contributed by atoms with E-state index in [1.54, 1.807) is 0 Å². The first-order chi connectivity index (χ1) is 10.8. The van der Waals surface area contributed by atoms with Gasteiger partial charge in [0.1, 0.15) is 17.5 Å². The van der Waals surface area contributed by atoms with Gasteiger partial charge < -0.3 is 5.32 Å². The molecule has 1 aliphatic heterocycles. The van der Waals surface area contributed by atoms with E-state index < -0.39 is 0 Å². The molecule has 112 valence electrons.